The summed E-state index contributed by atoms with van der Waals surface area (Å²) in [6.45, 7) is 0.755. The van der Waals surface area contributed by atoms with Crippen LogP contribution in [-0.2, 0) is 26.4 Å². The van der Waals surface area contributed by atoms with E-state index in [9.17, 15) is 4.39 Å². The van der Waals surface area contributed by atoms with Crippen molar-refractivity contribution in [3.05, 3.63) is 47.8 Å². The van der Waals surface area contributed by atoms with Crippen LogP contribution in [0.5, 0.6) is 0 Å². The minimum absolute atomic E-state index is 0.269. The van der Waals surface area contributed by atoms with Crippen LogP contribution in [0.4, 0.5) is 4.39 Å². The number of hydrogen-bond donors (Lipinski definition) is 0. The second-order valence-corrected chi connectivity index (χ2v) is 5.36. The Morgan fingerprint density at radius 1 is 1.24 bits per heavy atom. The first-order chi connectivity index (χ1) is 10.2. The molecule has 0 aliphatic carbocycles. The average molecular weight is 307 g/mol. The van der Waals surface area contributed by atoms with Crippen molar-refractivity contribution in [2.24, 2.45) is 7.05 Å². The van der Waals surface area contributed by atoms with Gasteiger partial charge in [0.1, 0.15) is 11.6 Å². The fourth-order valence-electron chi connectivity index (χ4n) is 2.50. The Kier molecular flexibility index (Phi) is 3.92. The van der Waals surface area contributed by atoms with Crippen molar-refractivity contribution in [3.8, 4) is 0 Å². The first-order valence-corrected chi connectivity index (χ1v) is 7.40. The van der Waals surface area contributed by atoms with Gasteiger partial charge in [-0.25, -0.2) is 9.37 Å². The molecule has 3 aromatic rings. The molecule has 2 aromatic heterocycles. The molecule has 0 bridgehead atoms. The molecule has 3 rings (SSSR count). The summed E-state index contributed by atoms with van der Waals surface area (Å²) in [6, 6.07) is 6.70. The number of rotatable bonds is 5. The quantitative estimate of drug-likeness (QED) is 0.679. The Balaban J connectivity index is 1.92. The van der Waals surface area contributed by atoms with Gasteiger partial charge in [0.25, 0.3) is 0 Å². The molecule has 0 aliphatic rings. The van der Waals surface area contributed by atoms with Crippen molar-refractivity contribution < 1.29 is 4.39 Å². The maximum absolute atomic E-state index is 13.3. The van der Waals surface area contributed by atoms with Gasteiger partial charge in [0.2, 0.25) is 0 Å². The van der Waals surface area contributed by atoms with Gasteiger partial charge in [0.15, 0.2) is 0 Å². The molecule has 21 heavy (non-hydrogen) atoms. The molecular weight excluding hydrogens is 291 g/mol. The molecule has 4 nitrogen and oxygen atoms in total. The second kappa shape index (κ2) is 5.85. The zero-order valence-corrected chi connectivity index (χ0v) is 12.5. The molecule has 0 fully saturated rings. The predicted octanol–water partition coefficient (Wildman–Crippen LogP) is 2.93. The topological polar surface area (TPSA) is 35.6 Å². The third kappa shape index (κ3) is 2.93. The van der Waals surface area contributed by atoms with E-state index >= 15 is 0 Å². The van der Waals surface area contributed by atoms with E-state index in [2.05, 4.69) is 14.6 Å². The summed E-state index contributed by atoms with van der Waals surface area (Å²) in [4.78, 5) is 4.49. The highest BCUT2D eigenvalue weighted by Crippen LogP contribution is 2.19. The highest BCUT2D eigenvalue weighted by molar-refractivity contribution is 6.17. The van der Waals surface area contributed by atoms with Crippen LogP contribution in [-0.4, -0.2) is 25.2 Å². The van der Waals surface area contributed by atoms with E-state index in [1.54, 1.807) is 10.7 Å². The van der Waals surface area contributed by atoms with Crippen molar-refractivity contribution in [2.45, 2.75) is 19.4 Å². The van der Waals surface area contributed by atoms with E-state index in [-0.39, 0.29) is 5.82 Å². The molecule has 0 radical (unpaired) electrons. The van der Waals surface area contributed by atoms with Gasteiger partial charge in [-0.1, -0.05) is 0 Å². The predicted molar refractivity (Wildman–Crippen MR) is 81.0 cm³/mol. The number of hydrogen-bond acceptors (Lipinski definition) is 2. The number of aryl methyl sites for hydroxylation is 4. The van der Waals surface area contributed by atoms with Crippen molar-refractivity contribution in [1.29, 1.82) is 0 Å². The van der Waals surface area contributed by atoms with Crippen LogP contribution in [0, 0.1) is 5.82 Å². The number of alkyl halides is 1. The molecule has 0 saturated carbocycles. The normalized spacial score (nSPS) is 11.4. The fraction of sp³-hybridized carbons (Fsp3) is 0.333. The van der Waals surface area contributed by atoms with Crippen LogP contribution >= 0.6 is 11.6 Å². The summed E-state index contributed by atoms with van der Waals surface area (Å²) >= 11 is 5.84. The first kappa shape index (κ1) is 14.1. The maximum atomic E-state index is 13.3. The standard InChI is InChI=1S/C15H16ClFN4/c1-20-8-5-12(19-20)6-9-21-14-3-2-11(17)10-13(14)18-15(21)4-7-16/h2-3,5,8,10H,4,6-7,9H2,1H3. The number of fused-ring (bicyclic) bond motifs is 1. The largest absolute Gasteiger partial charge is 0.328 e. The first-order valence-electron chi connectivity index (χ1n) is 6.86. The SMILES string of the molecule is Cn1ccc(CCn2c(CCCl)nc3cc(F)ccc32)n1. The van der Waals surface area contributed by atoms with Gasteiger partial charge >= 0.3 is 0 Å². The number of imidazole rings is 1. The molecule has 0 unspecified atom stereocenters. The smallest absolute Gasteiger partial charge is 0.125 e. The van der Waals surface area contributed by atoms with Crippen LogP contribution in [0.3, 0.4) is 0 Å². The Morgan fingerprint density at radius 2 is 2.10 bits per heavy atom. The zero-order chi connectivity index (χ0) is 14.8. The van der Waals surface area contributed by atoms with Gasteiger partial charge in [-0.05, 0) is 18.2 Å². The van der Waals surface area contributed by atoms with Crippen LogP contribution in [0.2, 0.25) is 0 Å². The molecule has 6 heteroatoms. The van der Waals surface area contributed by atoms with Crippen LogP contribution in [0.15, 0.2) is 30.5 Å². The van der Waals surface area contributed by atoms with E-state index < -0.39 is 0 Å². The molecule has 0 amide bonds. The fourth-order valence-corrected chi connectivity index (χ4v) is 2.67. The van der Waals surface area contributed by atoms with Gasteiger partial charge < -0.3 is 4.57 Å². The summed E-state index contributed by atoms with van der Waals surface area (Å²) in [5.74, 6) is 1.12. The van der Waals surface area contributed by atoms with E-state index in [1.165, 1.54) is 12.1 Å². The lowest BCUT2D eigenvalue weighted by molar-refractivity contribution is 0.628. The van der Waals surface area contributed by atoms with Gasteiger partial charge in [-0.3, -0.25) is 4.68 Å². The molecule has 110 valence electrons. The molecule has 0 saturated heterocycles. The molecule has 0 atom stereocenters. The van der Waals surface area contributed by atoms with E-state index in [1.807, 2.05) is 19.3 Å². The van der Waals surface area contributed by atoms with Crippen molar-refractivity contribution in [2.75, 3.05) is 5.88 Å². The van der Waals surface area contributed by atoms with E-state index in [0.717, 1.165) is 30.0 Å². The lowest BCUT2D eigenvalue weighted by Crippen LogP contribution is -2.07. The van der Waals surface area contributed by atoms with E-state index in [0.29, 0.717) is 17.8 Å². The van der Waals surface area contributed by atoms with Crippen molar-refractivity contribution in [3.63, 3.8) is 0 Å². The lowest BCUT2D eigenvalue weighted by Gasteiger charge is -2.07. The maximum Gasteiger partial charge on any atom is 0.125 e. The summed E-state index contributed by atoms with van der Waals surface area (Å²) in [5, 5.41) is 4.38. The Hall–Kier alpha value is -1.88. The Bertz CT molecular complexity index is 762. The third-order valence-corrected chi connectivity index (χ3v) is 3.66. The third-order valence-electron chi connectivity index (χ3n) is 3.47. The number of nitrogens with zero attached hydrogens (tertiary/aromatic N) is 4. The summed E-state index contributed by atoms with van der Waals surface area (Å²) in [5.41, 5.74) is 2.64. The molecule has 0 aliphatic heterocycles. The molecule has 1 aromatic carbocycles. The van der Waals surface area contributed by atoms with Crippen LogP contribution < -0.4 is 0 Å². The molecular formula is C15H16ClFN4. The highest BCUT2D eigenvalue weighted by Gasteiger charge is 2.11. The van der Waals surface area contributed by atoms with Gasteiger partial charge in [0.05, 0.1) is 16.7 Å². The number of aromatic nitrogens is 4. The van der Waals surface area contributed by atoms with Crippen LogP contribution in [0.1, 0.15) is 11.5 Å². The Labute approximate surface area is 127 Å². The van der Waals surface area contributed by atoms with Gasteiger partial charge in [-0.15, -0.1) is 11.6 Å². The van der Waals surface area contributed by atoms with Crippen molar-refractivity contribution in [1.82, 2.24) is 19.3 Å². The molecule has 2 heterocycles. The Morgan fingerprint density at radius 3 is 2.81 bits per heavy atom. The molecule has 0 spiro atoms. The summed E-state index contributed by atoms with van der Waals surface area (Å²) in [7, 11) is 1.90. The van der Waals surface area contributed by atoms with Gasteiger partial charge in [-0.2, -0.15) is 5.10 Å². The summed E-state index contributed by atoms with van der Waals surface area (Å²) in [6.07, 6.45) is 3.40. The number of benzene rings is 1. The van der Waals surface area contributed by atoms with Crippen LogP contribution in [0.25, 0.3) is 11.0 Å². The minimum atomic E-state index is -0.269. The number of halogens is 2. The van der Waals surface area contributed by atoms with Crippen molar-refractivity contribution >= 4 is 22.6 Å². The van der Waals surface area contributed by atoms with E-state index in [4.69, 9.17) is 11.6 Å². The second-order valence-electron chi connectivity index (χ2n) is 4.98. The summed E-state index contributed by atoms with van der Waals surface area (Å²) < 4.78 is 17.2. The average Bonchev–Trinajstić information content (AvgIpc) is 3.00. The highest BCUT2D eigenvalue weighted by atomic mass is 35.5. The lowest BCUT2D eigenvalue weighted by atomic mass is 10.2. The monoisotopic (exact) mass is 306 g/mol. The molecule has 0 N–H and O–H groups in total. The van der Waals surface area contributed by atoms with Gasteiger partial charge in [0, 0.05) is 44.6 Å². The zero-order valence-electron chi connectivity index (χ0n) is 11.8. The minimum Gasteiger partial charge on any atom is -0.328 e.